The van der Waals surface area contributed by atoms with Gasteiger partial charge in [0.1, 0.15) is 23.4 Å². The van der Waals surface area contributed by atoms with Crippen molar-refractivity contribution in [3.8, 4) is 28.4 Å². The summed E-state index contributed by atoms with van der Waals surface area (Å²) >= 11 is 0. The number of carboxylic acids is 1. The molecule has 1 saturated heterocycles. The third kappa shape index (κ3) is 6.00. The van der Waals surface area contributed by atoms with Gasteiger partial charge < -0.3 is 19.3 Å². The molecule has 0 spiro atoms. The van der Waals surface area contributed by atoms with E-state index in [0.29, 0.717) is 65.2 Å². The average Bonchev–Trinajstić information content (AvgIpc) is 3.55. The molecule has 10 heteroatoms. The van der Waals surface area contributed by atoms with Crippen molar-refractivity contribution in [1.82, 2.24) is 0 Å². The highest BCUT2D eigenvalue weighted by Crippen LogP contribution is 2.47. The monoisotopic (exact) mass is 600 g/mol. The molecule has 0 aromatic heterocycles. The maximum Gasteiger partial charge on any atom is 0.417 e. The van der Waals surface area contributed by atoms with Crippen LogP contribution in [0.15, 0.2) is 54.6 Å². The zero-order valence-electron chi connectivity index (χ0n) is 22.8. The molecule has 1 fully saturated rings. The first-order chi connectivity index (χ1) is 20.2. The van der Waals surface area contributed by atoms with Gasteiger partial charge in [0.15, 0.2) is 0 Å². The minimum atomic E-state index is -4.52. The Hall–Kier alpha value is -3.53. The van der Waals surface area contributed by atoms with Crippen molar-refractivity contribution < 1.29 is 41.5 Å². The molecule has 2 atom stereocenters. The van der Waals surface area contributed by atoms with E-state index in [1.807, 2.05) is 0 Å². The number of alkyl halides is 3. The van der Waals surface area contributed by atoms with Gasteiger partial charge in [0.05, 0.1) is 25.2 Å². The molecule has 0 saturated carbocycles. The first-order valence-corrected chi connectivity index (χ1v) is 15.6. The predicted molar refractivity (Wildman–Crippen MR) is 152 cm³/mol. The number of ether oxygens (including phenoxy) is 3. The second-order valence-corrected chi connectivity index (χ2v) is 12.8. The fourth-order valence-electron chi connectivity index (χ4n) is 6.17. The molecule has 0 unspecified atom stereocenters. The summed E-state index contributed by atoms with van der Waals surface area (Å²) in [5, 5.41) is 9.14. The van der Waals surface area contributed by atoms with Crippen LogP contribution in [0.5, 0.6) is 17.2 Å². The lowest BCUT2D eigenvalue weighted by Gasteiger charge is -2.22. The van der Waals surface area contributed by atoms with E-state index in [4.69, 9.17) is 19.3 Å². The van der Waals surface area contributed by atoms with Crippen LogP contribution >= 0.6 is 0 Å². The Balaban J connectivity index is 1.22. The summed E-state index contributed by atoms with van der Waals surface area (Å²) in [5.41, 5.74) is 2.12. The Morgan fingerprint density at radius 2 is 1.69 bits per heavy atom. The zero-order chi connectivity index (χ0) is 29.4. The quantitative estimate of drug-likeness (QED) is 0.302. The number of carbonyl (C=O) groups is 1. The number of carboxylic acid groups (broad SMARTS) is 1. The summed E-state index contributed by atoms with van der Waals surface area (Å²) in [7, 11) is -0.741. The van der Waals surface area contributed by atoms with Crippen molar-refractivity contribution in [3.05, 3.63) is 76.9 Å². The first-order valence-electron chi connectivity index (χ1n) is 14.1. The van der Waals surface area contributed by atoms with E-state index < -0.39 is 34.6 Å². The van der Waals surface area contributed by atoms with Crippen molar-refractivity contribution in [1.29, 1.82) is 0 Å². The molecule has 3 aromatic rings. The van der Waals surface area contributed by atoms with Gasteiger partial charge in [-0.3, -0.25) is 9.00 Å². The Morgan fingerprint density at radius 1 is 0.976 bits per heavy atom. The van der Waals surface area contributed by atoms with Gasteiger partial charge in [-0.1, -0.05) is 24.3 Å². The molecule has 0 bridgehead atoms. The lowest BCUT2D eigenvalue weighted by atomic mass is 9.91. The molecule has 3 aliphatic rings. The van der Waals surface area contributed by atoms with Crippen LogP contribution in [0.25, 0.3) is 11.1 Å². The van der Waals surface area contributed by atoms with Gasteiger partial charge in [-0.25, -0.2) is 0 Å². The van der Waals surface area contributed by atoms with Crippen molar-refractivity contribution >= 4 is 16.8 Å². The Labute approximate surface area is 244 Å². The van der Waals surface area contributed by atoms with Crippen molar-refractivity contribution in [2.24, 2.45) is 5.92 Å². The van der Waals surface area contributed by atoms with E-state index in [-0.39, 0.29) is 24.5 Å². The molecule has 6 rings (SSSR count). The topological polar surface area (TPSA) is 82.1 Å². The minimum absolute atomic E-state index is 0.0235. The SMILES string of the molecule is O=C(O)C[C@@H]1COc2cc(O[C@@H]3CCc4c3ccc(C(F)(F)F)c4-c3ccc(OCC4CCS(=O)CC4)cc3)ccc21. The summed E-state index contributed by atoms with van der Waals surface area (Å²) in [4.78, 5) is 11.1. The number of hydrogen-bond donors (Lipinski definition) is 1. The Kier molecular flexibility index (Phi) is 7.91. The first kappa shape index (κ1) is 28.6. The van der Waals surface area contributed by atoms with Gasteiger partial charge in [-0.05, 0) is 78.1 Å². The Bertz CT molecular complexity index is 1490. The van der Waals surface area contributed by atoms with Gasteiger partial charge >= 0.3 is 12.1 Å². The summed E-state index contributed by atoms with van der Waals surface area (Å²) in [5.74, 6) is 2.28. The molecule has 1 aliphatic carbocycles. The van der Waals surface area contributed by atoms with Gasteiger partial charge in [0.25, 0.3) is 0 Å². The second kappa shape index (κ2) is 11.6. The maximum atomic E-state index is 14.2. The summed E-state index contributed by atoms with van der Waals surface area (Å²) < 4.78 is 72.0. The number of aliphatic carboxylic acids is 1. The smallest absolute Gasteiger partial charge is 0.417 e. The maximum absolute atomic E-state index is 14.2. The average molecular weight is 601 g/mol. The predicted octanol–water partition coefficient (Wildman–Crippen LogP) is 6.93. The highest BCUT2D eigenvalue weighted by molar-refractivity contribution is 7.85. The second-order valence-electron chi connectivity index (χ2n) is 11.1. The lowest BCUT2D eigenvalue weighted by molar-refractivity contribution is -0.138. The minimum Gasteiger partial charge on any atom is -0.493 e. The number of benzene rings is 3. The summed E-state index contributed by atoms with van der Waals surface area (Å²) in [6.45, 7) is 0.783. The van der Waals surface area contributed by atoms with Crippen LogP contribution in [0, 0.1) is 5.92 Å². The van der Waals surface area contributed by atoms with Crippen LogP contribution in [0.4, 0.5) is 13.2 Å². The summed E-state index contributed by atoms with van der Waals surface area (Å²) in [6, 6.07) is 14.7. The van der Waals surface area contributed by atoms with Gasteiger partial charge in [0, 0.05) is 39.9 Å². The van der Waals surface area contributed by atoms with E-state index in [1.54, 1.807) is 42.5 Å². The lowest BCUT2D eigenvalue weighted by Crippen LogP contribution is -2.23. The van der Waals surface area contributed by atoms with E-state index in [1.165, 1.54) is 6.07 Å². The third-order valence-electron chi connectivity index (χ3n) is 8.36. The molecular formula is C32H31F3O6S. The molecule has 42 heavy (non-hydrogen) atoms. The Morgan fingerprint density at radius 3 is 2.40 bits per heavy atom. The van der Waals surface area contributed by atoms with Crippen molar-refractivity contribution in [3.63, 3.8) is 0 Å². The van der Waals surface area contributed by atoms with E-state index in [0.717, 1.165) is 30.0 Å². The number of hydrogen-bond acceptors (Lipinski definition) is 5. The molecule has 2 aliphatic heterocycles. The fourth-order valence-corrected chi connectivity index (χ4v) is 7.57. The van der Waals surface area contributed by atoms with E-state index >= 15 is 0 Å². The zero-order valence-corrected chi connectivity index (χ0v) is 23.6. The molecule has 1 N–H and O–H groups in total. The third-order valence-corrected chi connectivity index (χ3v) is 9.74. The highest BCUT2D eigenvalue weighted by atomic mass is 32.2. The van der Waals surface area contributed by atoms with Crippen LogP contribution in [0.1, 0.15) is 60.0 Å². The van der Waals surface area contributed by atoms with E-state index in [2.05, 4.69) is 0 Å². The van der Waals surface area contributed by atoms with Crippen LogP contribution in [0.3, 0.4) is 0 Å². The molecule has 222 valence electrons. The number of fused-ring (bicyclic) bond motifs is 2. The number of rotatable bonds is 8. The summed E-state index contributed by atoms with van der Waals surface area (Å²) in [6.07, 6.45) is -2.32. The largest absolute Gasteiger partial charge is 0.493 e. The molecule has 2 heterocycles. The highest BCUT2D eigenvalue weighted by Gasteiger charge is 2.38. The van der Waals surface area contributed by atoms with Crippen LogP contribution in [-0.2, 0) is 28.2 Å². The van der Waals surface area contributed by atoms with E-state index in [9.17, 15) is 22.2 Å². The van der Waals surface area contributed by atoms with Crippen LogP contribution in [-0.4, -0.2) is 40.0 Å². The van der Waals surface area contributed by atoms with Crippen molar-refractivity contribution in [2.75, 3.05) is 24.7 Å². The standard InChI is InChI=1S/C32H31F3O6S/c33-32(34,35)27-9-7-25-26(31(27)20-1-3-22(4-2-20)39-17-19-11-13-42(38)14-12-19)8-10-28(25)41-23-5-6-24-21(15-30(36)37)18-40-29(24)16-23/h1-7,9,16,19,21,28H,8,10-15,17-18H2,(H,36,37)/t19?,21-,28-,42?/m1/s1. The van der Waals surface area contributed by atoms with Crippen LogP contribution in [0.2, 0.25) is 0 Å². The van der Waals surface area contributed by atoms with Gasteiger partial charge in [0.2, 0.25) is 0 Å². The number of halogens is 3. The normalized spacial score (nSPS) is 23.1. The molecule has 0 amide bonds. The molecular weight excluding hydrogens is 569 g/mol. The fraction of sp³-hybridized carbons (Fsp3) is 0.406. The molecule has 6 nitrogen and oxygen atoms in total. The van der Waals surface area contributed by atoms with Gasteiger partial charge in [-0.15, -0.1) is 0 Å². The van der Waals surface area contributed by atoms with Crippen LogP contribution < -0.4 is 14.2 Å². The molecule has 0 radical (unpaired) electrons. The molecule has 3 aromatic carbocycles. The van der Waals surface area contributed by atoms with Crippen molar-refractivity contribution in [2.45, 2.75) is 50.3 Å². The van der Waals surface area contributed by atoms with Gasteiger partial charge in [-0.2, -0.15) is 13.2 Å².